The monoisotopic (exact) mass is 269 g/mol. The summed E-state index contributed by atoms with van der Waals surface area (Å²) in [6.07, 6.45) is 6.91. The second-order valence-electron chi connectivity index (χ2n) is 6.11. The molecule has 4 nitrogen and oxygen atoms in total. The van der Waals surface area contributed by atoms with E-state index >= 15 is 0 Å². The Morgan fingerprint density at radius 3 is 2.74 bits per heavy atom. The molecular formula is C15H27NO3. The van der Waals surface area contributed by atoms with E-state index in [9.17, 15) is 9.90 Å². The van der Waals surface area contributed by atoms with Crippen LogP contribution in [-0.2, 0) is 9.53 Å². The van der Waals surface area contributed by atoms with Gasteiger partial charge in [0.25, 0.3) is 0 Å². The molecule has 1 amide bonds. The molecule has 19 heavy (non-hydrogen) atoms. The number of aliphatic hydroxyl groups is 1. The van der Waals surface area contributed by atoms with Crippen LogP contribution in [-0.4, -0.2) is 36.4 Å². The predicted molar refractivity (Wildman–Crippen MR) is 73.7 cm³/mol. The maximum atomic E-state index is 11.8. The molecule has 2 rings (SSSR count). The van der Waals surface area contributed by atoms with Crippen molar-refractivity contribution in [3.63, 3.8) is 0 Å². The maximum absolute atomic E-state index is 11.8. The van der Waals surface area contributed by atoms with Gasteiger partial charge in [-0.15, -0.1) is 0 Å². The van der Waals surface area contributed by atoms with Gasteiger partial charge in [-0.1, -0.05) is 6.42 Å². The Morgan fingerprint density at radius 1 is 1.26 bits per heavy atom. The molecule has 2 saturated carbocycles. The van der Waals surface area contributed by atoms with E-state index in [4.69, 9.17) is 4.74 Å². The van der Waals surface area contributed by atoms with E-state index in [1.165, 1.54) is 0 Å². The van der Waals surface area contributed by atoms with Crippen LogP contribution in [0.25, 0.3) is 0 Å². The van der Waals surface area contributed by atoms with E-state index in [1.807, 2.05) is 6.92 Å². The lowest BCUT2D eigenvalue weighted by Gasteiger charge is -2.34. The van der Waals surface area contributed by atoms with Crippen LogP contribution in [0.3, 0.4) is 0 Å². The zero-order valence-corrected chi connectivity index (χ0v) is 11.9. The average molecular weight is 269 g/mol. The highest BCUT2D eigenvalue weighted by Gasteiger charge is 2.31. The first-order valence-electron chi connectivity index (χ1n) is 7.73. The van der Waals surface area contributed by atoms with Crippen molar-refractivity contribution in [3.8, 4) is 0 Å². The number of rotatable bonds is 6. The van der Waals surface area contributed by atoms with Gasteiger partial charge in [0.05, 0.1) is 12.2 Å². The number of aliphatic hydroxyl groups excluding tert-OH is 1. The van der Waals surface area contributed by atoms with Gasteiger partial charge in [-0.3, -0.25) is 4.79 Å². The minimum atomic E-state index is -0.158. The molecule has 0 aliphatic heterocycles. The van der Waals surface area contributed by atoms with Crippen LogP contribution in [0.1, 0.15) is 51.9 Å². The highest BCUT2D eigenvalue weighted by Crippen LogP contribution is 2.32. The smallest absolute Gasteiger partial charge is 0.220 e. The summed E-state index contributed by atoms with van der Waals surface area (Å²) in [6, 6.07) is 0. The van der Waals surface area contributed by atoms with Crippen molar-refractivity contribution in [2.24, 2.45) is 11.8 Å². The van der Waals surface area contributed by atoms with Crippen molar-refractivity contribution in [1.82, 2.24) is 5.32 Å². The number of amides is 1. The summed E-state index contributed by atoms with van der Waals surface area (Å²) in [5.41, 5.74) is 0. The number of nitrogens with one attached hydrogen (secondary N) is 1. The third-order valence-corrected chi connectivity index (χ3v) is 4.41. The van der Waals surface area contributed by atoms with E-state index < -0.39 is 0 Å². The van der Waals surface area contributed by atoms with Crippen molar-refractivity contribution in [2.45, 2.75) is 64.1 Å². The molecule has 0 radical (unpaired) electrons. The van der Waals surface area contributed by atoms with Crippen LogP contribution in [0, 0.1) is 11.8 Å². The lowest BCUT2D eigenvalue weighted by molar-refractivity contribution is -0.124. The van der Waals surface area contributed by atoms with Crippen molar-refractivity contribution < 1.29 is 14.6 Å². The fourth-order valence-corrected chi connectivity index (χ4v) is 3.25. The highest BCUT2D eigenvalue weighted by atomic mass is 16.5. The normalized spacial score (nSPS) is 34.6. The molecule has 2 aliphatic rings. The van der Waals surface area contributed by atoms with Crippen LogP contribution < -0.4 is 5.32 Å². The van der Waals surface area contributed by atoms with Gasteiger partial charge in [-0.25, -0.2) is 0 Å². The van der Waals surface area contributed by atoms with Gasteiger partial charge >= 0.3 is 0 Å². The van der Waals surface area contributed by atoms with Gasteiger partial charge in [0.15, 0.2) is 0 Å². The second-order valence-corrected chi connectivity index (χ2v) is 6.11. The number of carbonyl (C=O) groups is 1. The van der Waals surface area contributed by atoms with Gasteiger partial charge in [-0.05, 0) is 50.9 Å². The molecule has 2 unspecified atom stereocenters. The van der Waals surface area contributed by atoms with Crippen molar-refractivity contribution in [3.05, 3.63) is 0 Å². The first kappa shape index (κ1) is 14.8. The molecule has 0 bridgehead atoms. The van der Waals surface area contributed by atoms with Crippen LogP contribution >= 0.6 is 0 Å². The summed E-state index contributed by atoms with van der Waals surface area (Å²) in [4.78, 5) is 11.8. The number of ether oxygens (including phenoxy) is 1. The summed E-state index contributed by atoms with van der Waals surface area (Å²) in [6.45, 7) is 3.52. The first-order chi connectivity index (χ1) is 9.17. The summed E-state index contributed by atoms with van der Waals surface area (Å²) in [5, 5.41) is 12.6. The predicted octanol–water partition coefficient (Wildman–Crippen LogP) is 1.86. The molecule has 0 spiro atoms. The lowest BCUT2D eigenvalue weighted by Crippen LogP contribution is -2.38. The number of carbonyl (C=O) groups excluding carboxylic acids is 1. The largest absolute Gasteiger partial charge is 0.393 e. The fraction of sp³-hybridized carbons (Fsp3) is 0.933. The van der Waals surface area contributed by atoms with Crippen molar-refractivity contribution in [1.29, 1.82) is 0 Å². The molecule has 2 atom stereocenters. The van der Waals surface area contributed by atoms with E-state index in [-0.39, 0.29) is 12.0 Å². The topological polar surface area (TPSA) is 58.6 Å². The molecule has 4 heteroatoms. The quantitative estimate of drug-likeness (QED) is 0.774. The van der Waals surface area contributed by atoms with Gasteiger partial charge in [-0.2, -0.15) is 0 Å². The van der Waals surface area contributed by atoms with Crippen molar-refractivity contribution >= 4 is 5.91 Å². The standard InChI is InChI=1S/C15H27NO3/c1-2-19-14-7-12(8-14)9-15(18)16-10-11-4-3-5-13(17)6-11/h11-14,17H,2-10H2,1H3,(H,16,18). The first-order valence-corrected chi connectivity index (χ1v) is 7.73. The third kappa shape index (κ3) is 4.77. The molecule has 2 N–H and O–H groups in total. The third-order valence-electron chi connectivity index (χ3n) is 4.41. The summed E-state index contributed by atoms with van der Waals surface area (Å²) in [7, 11) is 0. The van der Waals surface area contributed by atoms with Crippen molar-refractivity contribution in [2.75, 3.05) is 13.2 Å². The molecule has 0 aromatic heterocycles. The molecular weight excluding hydrogens is 242 g/mol. The Morgan fingerprint density at radius 2 is 2.05 bits per heavy atom. The fourth-order valence-electron chi connectivity index (χ4n) is 3.25. The zero-order chi connectivity index (χ0) is 13.7. The molecule has 0 aromatic rings. The van der Waals surface area contributed by atoms with E-state index in [0.29, 0.717) is 24.4 Å². The highest BCUT2D eigenvalue weighted by molar-refractivity contribution is 5.76. The SMILES string of the molecule is CCOC1CC(CC(=O)NCC2CCCC(O)C2)C1. The maximum Gasteiger partial charge on any atom is 0.220 e. The summed E-state index contributed by atoms with van der Waals surface area (Å²) < 4.78 is 5.50. The minimum absolute atomic E-state index is 0.158. The zero-order valence-electron chi connectivity index (χ0n) is 11.9. The lowest BCUT2D eigenvalue weighted by atomic mass is 9.80. The van der Waals surface area contributed by atoms with Crippen LogP contribution in [0.4, 0.5) is 0 Å². The van der Waals surface area contributed by atoms with Gasteiger partial charge < -0.3 is 15.2 Å². The molecule has 2 fully saturated rings. The number of hydrogen-bond donors (Lipinski definition) is 2. The average Bonchev–Trinajstić information content (AvgIpc) is 2.34. The van der Waals surface area contributed by atoms with E-state index in [0.717, 1.165) is 51.7 Å². The van der Waals surface area contributed by atoms with E-state index in [1.54, 1.807) is 0 Å². The van der Waals surface area contributed by atoms with E-state index in [2.05, 4.69) is 5.32 Å². The molecule has 0 saturated heterocycles. The van der Waals surface area contributed by atoms with Gasteiger partial charge in [0, 0.05) is 19.6 Å². The van der Waals surface area contributed by atoms with Crippen LogP contribution in [0.5, 0.6) is 0 Å². The minimum Gasteiger partial charge on any atom is -0.393 e. The summed E-state index contributed by atoms with van der Waals surface area (Å²) >= 11 is 0. The van der Waals surface area contributed by atoms with Gasteiger partial charge in [0.2, 0.25) is 5.91 Å². The Hall–Kier alpha value is -0.610. The Kier molecular flexibility index (Phi) is 5.64. The van der Waals surface area contributed by atoms with Crippen LogP contribution in [0.2, 0.25) is 0 Å². The Labute approximate surface area is 115 Å². The Bertz CT molecular complexity index is 289. The molecule has 110 valence electrons. The molecule has 0 heterocycles. The van der Waals surface area contributed by atoms with Crippen LogP contribution in [0.15, 0.2) is 0 Å². The second kappa shape index (κ2) is 7.25. The summed E-state index contributed by atoms with van der Waals surface area (Å²) in [5.74, 6) is 1.14. The number of hydrogen-bond acceptors (Lipinski definition) is 3. The molecule has 2 aliphatic carbocycles. The van der Waals surface area contributed by atoms with Gasteiger partial charge in [0.1, 0.15) is 0 Å². The Balaban J connectivity index is 1.55. The molecule has 0 aromatic carbocycles.